The largest absolute Gasteiger partial charge is 0.343 e. The second kappa shape index (κ2) is 8.39. The molecular formula is C17H24N2O4S. The normalized spacial score (nSPS) is 16.0. The number of sulfonamides is 1. The van der Waals surface area contributed by atoms with Crippen LogP contribution >= 0.6 is 0 Å². The van der Waals surface area contributed by atoms with Crippen LogP contribution in [-0.2, 0) is 14.8 Å². The number of carbonyl (C=O) groups excluding carboxylic acids is 2. The molecular weight excluding hydrogens is 328 g/mol. The molecule has 0 radical (unpaired) electrons. The lowest BCUT2D eigenvalue weighted by Crippen LogP contribution is -2.34. The highest BCUT2D eigenvalue weighted by molar-refractivity contribution is 7.89. The maximum absolute atomic E-state index is 12.2. The lowest BCUT2D eigenvalue weighted by atomic mass is 10.2. The Bertz CT molecular complexity index is 683. The molecule has 0 unspecified atom stereocenters. The first kappa shape index (κ1) is 18.6. The van der Waals surface area contributed by atoms with Crippen molar-refractivity contribution in [3.05, 3.63) is 29.8 Å². The topological polar surface area (TPSA) is 83.6 Å². The molecule has 24 heavy (non-hydrogen) atoms. The first-order valence-corrected chi connectivity index (χ1v) is 9.77. The number of amides is 1. The summed E-state index contributed by atoms with van der Waals surface area (Å²) in [5, 5.41) is 0. The Morgan fingerprint density at radius 1 is 1.17 bits per heavy atom. The fraction of sp³-hybridized carbons (Fsp3) is 0.529. The molecule has 1 N–H and O–H groups in total. The van der Waals surface area contributed by atoms with Crippen LogP contribution in [0.4, 0.5) is 0 Å². The molecule has 7 heteroatoms. The van der Waals surface area contributed by atoms with Crippen molar-refractivity contribution in [1.29, 1.82) is 0 Å². The van der Waals surface area contributed by atoms with Crippen LogP contribution in [0.2, 0.25) is 0 Å². The molecule has 0 atom stereocenters. The number of nitrogens with one attached hydrogen (secondary N) is 1. The number of hydrogen-bond donors (Lipinski definition) is 1. The number of Topliss-reactive ketones (excluding diaryl/α,β-unsaturated/α-hetero) is 1. The van der Waals surface area contributed by atoms with Gasteiger partial charge in [-0.1, -0.05) is 18.6 Å². The fourth-order valence-corrected chi connectivity index (χ4v) is 3.78. The van der Waals surface area contributed by atoms with Gasteiger partial charge in [-0.2, -0.15) is 0 Å². The van der Waals surface area contributed by atoms with Gasteiger partial charge in [-0.3, -0.25) is 9.59 Å². The van der Waals surface area contributed by atoms with Crippen molar-refractivity contribution < 1.29 is 18.0 Å². The van der Waals surface area contributed by atoms with Crippen molar-refractivity contribution in [3.8, 4) is 0 Å². The Kier molecular flexibility index (Phi) is 6.51. The van der Waals surface area contributed by atoms with E-state index >= 15 is 0 Å². The average Bonchev–Trinajstić information content (AvgIpc) is 2.76. The summed E-state index contributed by atoms with van der Waals surface area (Å²) in [5.41, 5.74) is 0.480. The van der Waals surface area contributed by atoms with Gasteiger partial charge >= 0.3 is 0 Å². The minimum absolute atomic E-state index is 0.103. The minimum Gasteiger partial charge on any atom is -0.343 e. The van der Waals surface area contributed by atoms with Gasteiger partial charge in [0.05, 0.1) is 4.90 Å². The van der Waals surface area contributed by atoms with Crippen LogP contribution in [0.1, 0.15) is 49.4 Å². The van der Waals surface area contributed by atoms with Crippen LogP contribution in [0.3, 0.4) is 0 Å². The van der Waals surface area contributed by atoms with E-state index in [1.807, 2.05) is 4.90 Å². The molecule has 2 rings (SSSR count). The maximum Gasteiger partial charge on any atom is 0.240 e. The first-order chi connectivity index (χ1) is 11.4. The van der Waals surface area contributed by atoms with Gasteiger partial charge in [-0.25, -0.2) is 13.1 Å². The molecule has 1 aliphatic heterocycles. The van der Waals surface area contributed by atoms with Crippen LogP contribution in [0, 0.1) is 0 Å². The predicted octanol–water partition coefficient (Wildman–Crippen LogP) is 1.96. The summed E-state index contributed by atoms with van der Waals surface area (Å²) >= 11 is 0. The van der Waals surface area contributed by atoms with Gasteiger partial charge in [0.15, 0.2) is 5.78 Å². The second-order valence-electron chi connectivity index (χ2n) is 6.02. The van der Waals surface area contributed by atoms with E-state index in [0.29, 0.717) is 24.9 Å². The van der Waals surface area contributed by atoms with Crippen LogP contribution in [-0.4, -0.2) is 44.6 Å². The Labute approximate surface area is 143 Å². The molecule has 1 fully saturated rings. The van der Waals surface area contributed by atoms with E-state index in [-0.39, 0.29) is 23.1 Å². The van der Waals surface area contributed by atoms with Crippen molar-refractivity contribution in [2.24, 2.45) is 0 Å². The third-order valence-corrected chi connectivity index (χ3v) is 5.62. The van der Waals surface area contributed by atoms with E-state index in [2.05, 4.69) is 4.72 Å². The van der Waals surface area contributed by atoms with Crippen molar-refractivity contribution in [1.82, 2.24) is 9.62 Å². The van der Waals surface area contributed by atoms with Crippen LogP contribution in [0.5, 0.6) is 0 Å². The number of rotatable bonds is 7. The van der Waals surface area contributed by atoms with Gasteiger partial charge in [-0.15, -0.1) is 0 Å². The Morgan fingerprint density at radius 2 is 1.88 bits per heavy atom. The van der Waals surface area contributed by atoms with Crippen molar-refractivity contribution in [2.45, 2.75) is 43.9 Å². The Balaban J connectivity index is 1.84. The number of ketones is 1. The third-order valence-electron chi connectivity index (χ3n) is 4.14. The lowest BCUT2D eigenvalue weighted by Gasteiger charge is -2.20. The molecule has 1 aromatic carbocycles. The van der Waals surface area contributed by atoms with E-state index in [9.17, 15) is 18.0 Å². The van der Waals surface area contributed by atoms with Gasteiger partial charge in [0, 0.05) is 31.6 Å². The van der Waals surface area contributed by atoms with E-state index in [4.69, 9.17) is 0 Å². The van der Waals surface area contributed by atoms with Crippen molar-refractivity contribution in [3.63, 3.8) is 0 Å². The van der Waals surface area contributed by atoms with Gasteiger partial charge in [0.25, 0.3) is 0 Å². The zero-order valence-electron chi connectivity index (χ0n) is 14.0. The van der Waals surface area contributed by atoms with Crippen molar-refractivity contribution in [2.75, 3.05) is 19.6 Å². The average molecular weight is 352 g/mol. The molecule has 0 bridgehead atoms. The molecule has 1 aromatic rings. The summed E-state index contributed by atoms with van der Waals surface area (Å²) in [4.78, 5) is 25.1. The molecule has 132 valence electrons. The highest BCUT2D eigenvalue weighted by Gasteiger charge is 2.17. The monoisotopic (exact) mass is 352 g/mol. The summed E-state index contributed by atoms with van der Waals surface area (Å²) < 4.78 is 27.0. The molecule has 1 aliphatic rings. The number of hydrogen-bond acceptors (Lipinski definition) is 4. The summed E-state index contributed by atoms with van der Waals surface area (Å²) in [7, 11) is -3.59. The van der Waals surface area contributed by atoms with Crippen molar-refractivity contribution >= 4 is 21.7 Å². The van der Waals surface area contributed by atoms with Gasteiger partial charge in [0.1, 0.15) is 0 Å². The van der Waals surface area contributed by atoms with E-state index < -0.39 is 10.0 Å². The molecule has 0 aromatic heterocycles. The molecule has 6 nitrogen and oxygen atoms in total. The standard InChI is InChI=1S/C17H24N2O4S/c1-14(20)15-7-9-16(10-8-15)24(22,23)18-11-5-13-19-12-4-2-3-6-17(19)21/h7-10,18H,2-6,11-13H2,1H3. The van der Waals surface area contributed by atoms with Crippen LogP contribution in [0.25, 0.3) is 0 Å². The molecule has 0 aliphatic carbocycles. The highest BCUT2D eigenvalue weighted by atomic mass is 32.2. The summed E-state index contributed by atoms with van der Waals surface area (Å²) in [6.45, 7) is 3.05. The molecule has 0 spiro atoms. The summed E-state index contributed by atoms with van der Waals surface area (Å²) in [6.07, 6.45) is 4.20. The molecule has 0 saturated carbocycles. The number of likely N-dealkylation sites (tertiary alicyclic amines) is 1. The SMILES string of the molecule is CC(=O)c1ccc(S(=O)(=O)NCCCN2CCCCCC2=O)cc1. The second-order valence-corrected chi connectivity index (χ2v) is 7.79. The van der Waals surface area contributed by atoms with Crippen LogP contribution in [0.15, 0.2) is 29.2 Å². The summed E-state index contributed by atoms with van der Waals surface area (Å²) in [5.74, 6) is 0.0594. The zero-order valence-corrected chi connectivity index (χ0v) is 14.8. The minimum atomic E-state index is -3.59. The quantitative estimate of drug-likeness (QED) is 0.601. The number of nitrogens with zero attached hydrogens (tertiary/aromatic N) is 1. The highest BCUT2D eigenvalue weighted by Crippen LogP contribution is 2.12. The third kappa shape index (κ3) is 5.14. The molecule has 1 heterocycles. The van der Waals surface area contributed by atoms with E-state index in [0.717, 1.165) is 25.8 Å². The van der Waals surface area contributed by atoms with E-state index in [1.54, 1.807) is 0 Å². The first-order valence-electron chi connectivity index (χ1n) is 8.28. The summed E-state index contributed by atoms with van der Waals surface area (Å²) in [6, 6.07) is 5.87. The molecule has 1 saturated heterocycles. The smallest absolute Gasteiger partial charge is 0.240 e. The van der Waals surface area contributed by atoms with Gasteiger partial charge < -0.3 is 4.90 Å². The zero-order chi connectivity index (χ0) is 17.6. The molecule has 1 amide bonds. The number of benzene rings is 1. The van der Waals surface area contributed by atoms with E-state index in [1.165, 1.54) is 31.2 Å². The fourth-order valence-electron chi connectivity index (χ4n) is 2.70. The maximum atomic E-state index is 12.2. The predicted molar refractivity (Wildman–Crippen MR) is 91.3 cm³/mol. The van der Waals surface area contributed by atoms with Gasteiger partial charge in [0.2, 0.25) is 15.9 Å². The Hall–Kier alpha value is -1.73. The van der Waals surface area contributed by atoms with Gasteiger partial charge in [-0.05, 0) is 38.3 Å². The number of carbonyl (C=O) groups is 2. The van der Waals surface area contributed by atoms with Crippen LogP contribution < -0.4 is 4.72 Å². The Morgan fingerprint density at radius 3 is 2.54 bits per heavy atom. The lowest BCUT2D eigenvalue weighted by molar-refractivity contribution is -0.130.